The van der Waals surface area contributed by atoms with Crippen molar-refractivity contribution in [2.45, 2.75) is 32.2 Å². The van der Waals surface area contributed by atoms with Crippen molar-refractivity contribution in [2.24, 2.45) is 0 Å². The van der Waals surface area contributed by atoms with Crippen molar-refractivity contribution in [3.8, 4) is 11.5 Å². The molecule has 28 heavy (non-hydrogen) atoms. The van der Waals surface area contributed by atoms with Crippen molar-refractivity contribution in [3.05, 3.63) is 59.7 Å². The first kappa shape index (κ1) is 19.7. The quantitative estimate of drug-likeness (QED) is 0.762. The molecule has 2 aromatic rings. The van der Waals surface area contributed by atoms with E-state index >= 15 is 0 Å². The molecule has 0 radical (unpaired) electrons. The Morgan fingerprint density at radius 2 is 1.79 bits per heavy atom. The zero-order chi connectivity index (χ0) is 19.9. The second kappa shape index (κ2) is 9.26. The lowest BCUT2D eigenvalue weighted by atomic mass is 10.1. The van der Waals surface area contributed by atoms with Crippen LogP contribution in [0.3, 0.4) is 0 Å². The summed E-state index contributed by atoms with van der Waals surface area (Å²) in [5.41, 5.74) is 2.15. The van der Waals surface area contributed by atoms with Gasteiger partial charge in [0.25, 0.3) is 0 Å². The van der Waals surface area contributed by atoms with E-state index in [2.05, 4.69) is 5.32 Å². The minimum atomic E-state index is -0.516. The van der Waals surface area contributed by atoms with Gasteiger partial charge in [0.1, 0.15) is 6.04 Å². The molecule has 1 aliphatic heterocycles. The smallest absolute Gasteiger partial charge is 0.242 e. The highest BCUT2D eigenvalue weighted by Gasteiger charge is 2.25. The van der Waals surface area contributed by atoms with Crippen LogP contribution in [0.25, 0.3) is 0 Å². The van der Waals surface area contributed by atoms with Crippen LogP contribution in [0, 0.1) is 0 Å². The summed E-state index contributed by atoms with van der Waals surface area (Å²) in [5, 5.41) is 2.64. The molecule has 1 N–H and O–H groups in total. The number of likely N-dealkylation sites (N-methyl/N-ethyl adjacent to an activating group) is 1. The Morgan fingerprint density at radius 1 is 1.04 bits per heavy atom. The number of ether oxygens (including phenoxy) is 2. The molecule has 6 nitrogen and oxygen atoms in total. The van der Waals surface area contributed by atoms with E-state index in [9.17, 15) is 9.59 Å². The van der Waals surface area contributed by atoms with Crippen molar-refractivity contribution >= 4 is 11.8 Å². The number of carbonyl (C=O) groups is 2. The Kier molecular flexibility index (Phi) is 6.53. The topological polar surface area (TPSA) is 67.9 Å². The number of nitrogens with zero attached hydrogens (tertiary/aromatic N) is 1. The van der Waals surface area contributed by atoms with Gasteiger partial charge in [-0.3, -0.25) is 9.59 Å². The number of nitrogens with one attached hydrogen (secondary N) is 1. The molecule has 1 heterocycles. The summed E-state index contributed by atoms with van der Waals surface area (Å²) >= 11 is 0. The van der Waals surface area contributed by atoms with Crippen molar-refractivity contribution < 1.29 is 19.1 Å². The summed E-state index contributed by atoms with van der Waals surface area (Å²) in [6, 6.07) is 15.2. The van der Waals surface area contributed by atoms with E-state index in [-0.39, 0.29) is 18.6 Å². The number of aryl methyl sites for hydroxylation is 1. The minimum Gasteiger partial charge on any atom is -0.454 e. The van der Waals surface area contributed by atoms with Gasteiger partial charge in [-0.25, -0.2) is 0 Å². The number of rotatable bonds is 8. The van der Waals surface area contributed by atoms with Crippen LogP contribution < -0.4 is 14.8 Å². The summed E-state index contributed by atoms with van der Waals surface area (Å²) in [6.45, 7) is 2.50. The van der Waals surface area contributed by atoms with E-state index in [0.29, 0.717) is 31.6 Å². The number of amides is 2. The largest absolute Gasteiger partial charge is 0.454 e. The van der Waals surface area contributed by atoms with Gasteiger partial charge in [-0.05, 0) is 43.0 Å². The second-order valence-corrected chi connectivity index (χ2v) is 6.80. The maximum absolute atomic E-state index is 12.9. The van der Waals surface area contributed by atoms with Crippen LogP contribution in [0.15, 0.2) is 48.5 Å². The summed E-state index contributed by atoms with van der Waals surface area (Å²) < 4.78 is 10.7. The van der Waals surface area contributed by atoms with E-state index < -0.39 is 6.04 Å². The van der Waals surface area contributed by atoms with Gasteiger partial charge in [-0.2, -0.15) is 0 Å². The molecule has 0 spiro atoms. The number of fused-ring (bicyclic) bond motifs is 1. The predicted octanol–water partition coefficient (Wildman–Crippen LogP) is 2.55. The number of benzene rings is 2. The third-order valence-corrected chi connectivity index (χ3v) is 4.96. The zero-order valence-corrected chi connectivity index (χ0v) is 16.3. The number of carbonyl (C=O) groups excluding carboxylic acids is 2. The van der Waals surface area contributed by atoms with Gasteiger partial charge in [0.05, 0.1) is 0 Å². The van der Waals surface area contributed by atoms with E-state index in [4.69, 9.17) is 9.47 Å². The Morgan fingerprint density at radius 3 is 2.54 bits per heavy atom. The molecular formula is C22H26N2O4. The van der Waals surface area contributed by atoms with Gasteiger partial charge in [0.2, 0.25) is 18.6 Å². The number of hydrogen-bond acceptors (Lipinski definition) is 4. The molecule has 0 bridgehead atoms. The summed E-state index contributed by atoms with van der Waals surface area (Å²) in [4.78, 5) is 26.7. The van der Waals surface area contributed by atoms with Gasteiger partial charge in [0.15, 0.2) is 11.5 Å². The first-order valence-corrected chi connectivity index (χ1v) is 9.52. The fraction of sp³-hybridized carbons (Fsp3) is 0.364. The highest BCUT2D eigenvalue weighted by atomic mass is 16.7. The Bertz CT molecular complexity index is 823. The van der Waals surface area contributed by atoms with Crippen molar-refractivity contribution in [2.75, 3.05) is 20.4 Å². The average Bonchev–Trinajstić information content (AvgIpc) is 3.20. The van der Waals surface area contributed by atoms with E-state index in [1.54, 1.807) is 18.9 Å². The maximum atomic E-state index is 12.9. The molecule has 0 aliphatic carbocycles. The molecule has 1 atom stereocenters. The van der Waals surface area contributed by atoms with Gasteiger partial charge < -0.3 is 19.7 Å². The predicted molar refractivity (Wildman–Crippen MR) is 106 cm³/mol. The Balaban J connectivity index is 1.64. The van der Waals surface area contributed by atoms with Crippen LogP contribution in [0.1, 0.15) is 24.5 Å². The molecule has 0 saturated heterocycles. The first-order valence-electron chi connectivity index (χ1n) is 9.52. The standard InChI is InChI=1S/C22H26N2O4/c1-16(22(26)23-2)24(13-12-17-6-4-3-5-7-17)21(25)11-9-18-8-10-19-20(14-18)28-15-27-19/h3-8,10,14,16H,9,11-13,15H2,1-2H3,(H,23,26)/t16-/m1/s1. The van der Waals surface area contributed by atoms with Crippen LogP contribution in [0.5, 0.6) is 11.5 Å². The highest BCUT2D eigenvalue weighted by molar-refractivity contribution is 5.87. The van der Waals surface area contributed by atoms with E-state index in [0.717, 1.165) is 16.9 Å². The lowest BCUT2D eigenvalue weighted by molar-refractivity contribution is -0.139. The summed E-state index contributed by atoms with van der Waals surface area (Å²) in [5.74, 6) is 1.24. The molecule has 0 fully saturated rings. The lowest BCUT2D eigenvalue weighted by Gasteiger charge is -2.28. The fourth-order valence-electron chi connectivity index (χ4n) is 3.27. The molecule has 1 aliphatic rings. The lowest BCUT2D eigenvalue weighted by Crippen LogP contribution is -2.48. The van der Waals surface area contributed by atoms with Gasteiger partial charge >= 0.3 is 0 Å². The van der Waals surface area contributed by atoms with Crippen LogP contribution in [-0.2, 0) is 22.4 Å². The van der Waals surface area contributed by atoms with Gasteiger partial charge in [-0.15, -0.1) is 0 Å². The third kappa shape index (κ3) is 4.82. The highest BCUT2D eigenvalue weighted by Crippen LogP contribution is 2.32. The molecule has 3 rings (SSSR count). The molecule has 0 unspecified atom stereocenters. The van der Waals surface area contributed by atoms with Crippen molar-refractivity contribution in [3.63, 3.8) is 0 Å². The van der Waals surface area contributed by atoms with E-state index in [1.807, 2.05) is 48.5 Å². The summed E-state index contributed by atoms with van der Waals surface area (Å²) in [7, 11) is 1.59. The van der Waals surface area contributed by atoms with Crippen LogP contribution in [0.2, 0.25) is 0 Å². The minimum absolute atomic E-state index is 0.0373. The monoisotopic (exact) mass is 382 g/mol. The second-order valence-electron chi connectivity index (χ2n) is 6.80. The molecule has 148 valence electrons. The maximum Gasteiger partial charge on any atom is 0.242 e. The SMILES string of the molecule is CNC(=O)[C@@H](C)N(CCc1ccccc1)C(=O)CCc1ccc2c(c1)OCO2. The van der Waals surface area contributed by atoms with Crippen molar-refractivity contribution in [1.82, 2.24) is 10.2 Å². The summed E-state index contributed by atoms with van der Waals surface area (Å²) in [6.07, 6.45) is 1.62. The van der Waals surface area contributed by atoms with Gasteiger partial charge in [0, 0.05) is 20.0 Å². The zero-order valence-electron chi connectivity index (χ0n) is 16.3. The molecule has 0 saturated carbocycles. The molecule has 2 amide bonds. The van der Waals surface area contributed by atoms with Crippen LogP contribution in [-0.4, -0.2) is 43.1 Å². The Labute approximate surface area is 165 Å². The van der Waals surface area contributed by atoms with Gasteiger partial charge in [-0.1, -0.05) is 36.4 Å². The molecule has 6 heteroatoms. The van der Waals surface area contributed by atoms with E-state index in [1.165, 1.54) is 0 Å². The number of hydrogen-bond donors (Lipinski definition) is 1. The average molecular weight is 382 g/mol. The Hall–Kier alpha value is -3.02. The van der Waals surface area contributed by atoms with Crippen LogP contribution in [0.4, 0.5) is 0 Å². The normalized spacial score (nSPS) is 13.1. The molecular weight excluding hydrogens is 356 g/mol. The van der Waals surface area contributed by atoms with Crippen molar-refractivity contribution in [1.29, 1.82) is 0 Å². The first-order chi connectivity index (χ1) is 13.6. The molecule has 2 aromatic carbocycles. The third-order valence-electron chi connectivity index (χ3n) is 4.96. The van der Waals surface area contributed by atoms with Crippen LogP contribution >= 0.6 is 0 Å². The fourth-order valence-corrected chi connectivity index (χ4v) is 3.27. The molecule has 0 aromatic heterocycles.